The van der Waals surface area contributed by atoms with Gasteiger partial charge < -0.3 is 5.32 Å². The summed E-state index contributed by atoms with van der Waals surface area (Å²) in [5, 5.41) is 7.51. The minimum absolute atomic E-state index is 0.0966. The highest BCUT2D eigenvalue weighted by molar-refractivity contribution is 5.97. The van der Waals surface area contributed by atoms with Gasteiger partial charge in [-0.1, -0.05) is 38.0 Å². The number of nitrogens with one attached hydrogen (secondary N) is 1. The normalized spacial score (nSPS) is 21.4. The minimum atomic E-state index is -0.220. The molecule has 2 aliphatic carbocycles. The number of hydrogen-bond acceptors (Lipinski definition) is 3. The summed E-state index contributed by atoms with van der Waals surface area (Å²) < 4.78 is 1.93. The first-order valence-corrected chi connectivity index (χ1v) is 10.5. The van der Waals surface area contributed by atoms with E-state index in [-0.39, 0.29) is 24.2 Å². The summed E-state index contributed by atoms with van der Waals surface area (Å²) in [6.45, 7) is 4.38. The Bertz CT molecular complexity index is 899. The highest BCUT2D eigenvalue weighted by atomic mass is 16.2. The number of aromatic nitrogens is 2. The lowest BCUT2D eigenvalue weighted by Gasteiger charge is -2.25. The zero-order valence-corrected chi connectivity index (χ0v) is 16.8. The molecule has 1 aromatic carbocycles. The molecule has 1 saturated carbocycles. The zero-order valence-electron chi connectivity index (χ0n) is 16.8. The number of fused-ring (bicyclic) bond motifs is 1. The number of nitrogens with zero attached hydrogens (tertiary/aromatic N) is 2. The highest BCUT2D eigenvalue weighted by Crippen LogP contribution is 2.30. The molecule has 1 amide bonds. The van der Waals surface area contributed by atoms with Crippen molar-refractivity contribution in [2.75, 3.05) is 6.54 Å². The highest BCUT2D eigenvalue weighted by Gasteiger charge is 2.29. The fourth-order valence-corrected chi connectivity index (χ4v) is 4.74. The van der Waals surface area contributed by atoms with Crippen LogP contribution in [0.2, 0.25) is 0 Å². The van der Waals surface area contributed by atoms with Crippen LogP contribution in [-0.2, 0) is 17.6 Å². The predicted molar refractivity (Wildman–Crippen MR) is 109 cm³/mol. The monoisotopic (exact) mass is 379 g/mol. The number of ketones is 1. The van der Waals surface area contributed by atoms with E-state index in [0.717, 1.165) is 61.0 Å². The van der Waals surface area contributed by atoms with Crippen LogP contribution in [-0.4, -0.2) is 28.0 Å². The van der Waals surface area contributed by atoms with Gasteiger partial charge in [-0.15, -0.1) is 0 Å². The summed E-state index contributed by atoms with van der Waals surface area (Å²) >= 11 is 0. The van der Waals surface area contributed by atoms with Gasteiger partial charge in [-0.2, -0.15) is 5.10 Å². The number of aryl methyl sites for hydroxylation is 1. The maximum atomic E-state index is 12.8. The third-order valence-corrected chi connectivity index (χ3v) is 6.30. The van der Waals surface area contributed by atoms with Gasteiger partial charge in [-0.05, 0) is 56.6 Å². The number of carbonyl (C=O) groups excluding carboxylic acids is 2. The summed E-state index contributed by atoms with van der Waals surface area (Å²) in [6, 6.07) is 8.10. The summed E-state index contributed by atoms with van der Waals surface area (Å²) in [6.07, 6.45) is 7.07. The van der Waals surface area contributed by atoms with Crippen molar-refractivity contribution in [3.05, 3.63) is 46.8 Å². The SMILES string of the molecule is Cc1ccccc1-n1nc(C(=O)NCC(=O)[C@H]2CCC[C@@H](C)C2)c2c1CCC2. The number of benzene rings is 1. The van der Waals surface area contributed by atoms with Gasteiger partial charge in [0.15, 0.2) is 11.5 Å². The molecule has 2 aliphatic rings. The topological polar surface area (TPSA) is 64.0 Å². The van der Waals surface area contributed by atoms with Crippen LogP contribution in [0.4, 0.5) is 0 Å². The molecule has 5 nitrogen and oxygen atoms in total. The summed E-state index contributed by atoms with van der Waals surface area (Å²) in [5.74, 6) is 0.642. The van der Waals surface area contributed by atoms with E-state index in [1.807, 2.05) is 22.9 Å². The van der Waals surface area contributed by atoms with E-state index in [1.165, 1.54) is 6.42 Å². The van der Waals surface area contributed by atoms with Gasteiger partial charge in [-0.3, -0.25) is 9.59 Å². The Kier molecular flexibility index (Phi) is 5.33. The molecule has 0 spiro atoms. The molecule has 0 bridgehead atoms. The number of hydrogen-bond donors (Lipinski definition) is 1. The fourth-order valence-electron chi connectivity index (χ4n) is 4.74. The molecule has 2 atom stereocenters. The van der Waals surface area contributed by atoms with Crippen LogP contribution in [0.5, 0.6) is 0 Å². The van der Waals surface area contributed by atoms with Crippen molar-refractivity contribution < 1.29 is 9.59 Å². The molecule has 0 unspecified atom stereocenters. The Labute approximate surface area is 166 Å². The lowest BCUT2D eigenvalue weighted by molar-refractivity contribution is -0.123. The maximum Gasteiger partial charge on any atom is 0.272 e. The number of para-hydroxylation sites is 1. The molecule has 148 valence electrons. The van der Waals surface area contributed by atoms with Gasteiger partial charge in [-0.25, -0.2) is 4.68 Å². The second kappa shape index (κ2) is 7.90. The molecule has 0 radical (unpaired) electrons. The van der Waals surface area contributed by atoms with E-state index in [0.29, 0.717) is 11.6 Å². The van der Waals surface area contributed by atoms with Crippen LogP contribution in [0.25, 0.3) is 5.69 Å². The van der Waals surface area contributed by atoms with Gasteiger partial charge in [0.25, 0.3) is 5.91 Å². The minimum Gasteiger partial charge on any atom is -0.344 e. The van der Waals surface area contributed by atoms with Crippen molar-refractivity contribution in [1.82, 2.24) is 15.1 Å². The molecule has 1 fully saturated rings. The lowest BCUT2D eigenvalue weighted by atomic mass is 9.80. The third kappa shape index (κ3) is 3.62. The van der Waals surface area contributed by atoms with Gasteiger partial charge in [0, 0.05) is 17.2 Å². The number of Topliss-reactive ketones (excluding diaryl/α,β-unsaturated/α-hetero) is 1. The maximum absolute atomic E-state index is 12.8. The molecule has 2 aromatic rings. The largest absolute Gasteiger partial charge is 0.344 e. The van der Waals surface area contributed by atoms with E-state index >= 15 is 0 Å². The summed E-state index contributed by atoms with van der Waals surface area (Å²) in [4.78, 5) is 25.4. The van der Waals surface area contributed by atoms with Crippen LogP contribution in [0.1, 0.15) is 66.3 Å². The molecule has 4 rings (SSSR count). The zero-order chi connectivity index (χ0) is 19.7. The number of amides is 1. The molecular formula is C23H29N3O2. The first-order chi connectivity index (χ1) is 13.5. The van der Waals surface area contributed by atoms with Gasteiger partial charge >= 0.3 is 0 Å². The van der Waals surface area contributed by atoms with Crippen molar-refractivity contribution in [3.8, 4) is 5.69 Å². The average Bonchev–Trinajstić information content (AvgIpc) is 3.29. The van der Waals surface area contributed by atoms with Crippen LogP contribution < -0.4 is 5.32 Å². The van der Waals surface area contributed by atoms with Crippen molar-refractivity contribution in [1.29, 1.82) is 0 Å². The van der Waals surface area contributed by atoms with Gasteiger partial charge in [0.05, 0.1) is 12.2 Å². The van der Waals surface area contributed by atoms with Crippen LogP contribution >= 0.6 is 0 Å². The second-order valence-electron chi connectivity index (χ2n) is 8.44. The van der Waals surface area contributed by atoms with Gasteiger partial charge in [0.2, 0.25) is 0 Å². The molecule has 0 aliphatic heterocycles. The average molecular weight is 380 g/mol. The van der Waals surface area contributed by atoms with Crippen LogP contribution in [0, 0.1) is 18.8 Å². The van der Waals surface area contributed by atoms with Crippen molar-refractivity contribution >= 4 is 11.7 Å². The number of rotatable bonds is 5. The first kappa shape index (κ1) is 18.9. The Balaban J connectivity index is 1.50. The van der Waals surface area contributed by atoms with Crippen LogP contribution in [0.15, 0.2) is 24.3 Å². The summed E-state index contributed by atoms with van der Waals surface area (Å²) in [7, 11) is 0. The first-order valence-electron chi connectivity index (χ1n) is 10.5. The van der Waals surface area contributed by atoms with Crippen LogP contribution in [0.3, 0.4) is 0 Å². The lowest BCUT2D eigenvalue weighted by Crippen LogP contribution is -2.35. The molecular weight excluding hydrogens is 350 g/mol. The third-order valence-electron chi connectivity index (χ3n) is 6.30. The quantitative estimate of drug-likeness (QED) is 0.859. The standard InChI is InChI=1S/C23H29N3O2/c1-15-7-5-9-17(13-15)21(27)14-24-23(28)22-18-10-6-12-20(18)26(25-22)19-11-4-3-8-16(19)2/h3-4,8,11,15,17H,5-7,9-10,12-14H2,1-2H3,(H,24,28)/t15-,17+/m1/s1. The van der Waals surface area contributed by atoms with Crippen molar-refractivity contribution in [2.24, 2.45) is 11.8 Å². The molecule has 5 heteroatoms. The van der Waals surface area contributed by atoms with Crippen molar-refractivity contribution in [3.63, 3.8) is 0 Å². The predicted octanol–water partition coefficient (Wildman–Crippen LogP) is 3.79. The Hall–Kier alpha value is -2.43. The fraction of sp³-hybridized carbons (Fsp3) is 0.522. The molecule has 1 N–H and O–H groups in total. The van der Waals surface area contributed by atoms with Gasteiger partial charge in [0.1, 0.15) is 0 Å². The Morgan fingerprint density at radius 2 is 2.00 bits per heavy atom. The molecule has 1 heterocycles. The smallest absolute Gasteiger partial charge is 0.272 e. The van der Waals surface area contributed by atoms with E-state index < -0.39 is 0 Å². The summed E-state index contributed by atoms with van der Waals surface area (Å²) in [5.41, 5.74) is 4.81. The number of carbonyl (C=O) groups is 2. The Morgan fingerprint density at radius 1 is 1.18 bits per heavy atom. The second-order valence-corrected chi connectivity index (χ2v) is 8.44. The molecule has 0 saturated heterocycles. The van der Waals surface area contributed by atoms with E-state index in [4.69, 9.17) is 0 Å². The molecule has 1 aromatic heterocycles. The Morgan fingerprint density at radius 3 is 2.79 bits per heavy atom. The van der Waals surface area contributed by atoms with Crippen molar-refractivity contribution in [2.45, 2.75) is 58.8 Å². The van der Waals surface area contributed by atoms with E-state index in [9.17, 15) is 9.59 Å². The van der Waals surface area contributed by atoms with E-state index in [1.54, 1.807) is 0 Å². The molecule has 28 heavy (non-hydrogen) atoms. The van der Waals surface area contributed by atoms with E-state index in [2.05, 4.69) is 30.3 Å².